The van der Waals surface area contributed by atoms with Gasteiger partial charge in [0.15, 0.2) is 5.96 Å². The Bertz CT molecular complexity index is 639. The summed E-state index contributed by atoms with van der Waals surface area (Å²) in [5.41, 5.74) is 1.61. The van der Waals surface area contributed by atoms with Crippen LogP contribution in [0.3, 0.4) is 0 Å². The summed E-state index contributed by atoms with van der Waals surface area (Å²) in [6.07, 6.45) is 0. The molecule has 0 atom stereocenters. The van der Waals surface area contributed by atoms with Crippen LogP contribution in [0.25, 0.3) is 0 Å². The first-order chi connectivity index (χ1) is 10.6. The molecule has 1 aromatic heterocycles. The van der Waals surface area contributed by atoms with E-state index in [1.807, 2.05) is 37.2 Å². The number of benzene rings is 1. The topological polar surface area (TPSA) is 40.5 Å². The van der Waals surface area contributed by atoms with Crippen LogP contribution in [0.2, 0.25) is 0 Å². The molecule has 1 N–H and O–H groups in total. The number of halogens is 1. The number of guanidine groups is 1. The van der Waals surface area contributed by atoms with E-state index in [1.54, 1.807) is 23.5 Å². The Balaban J connectivity index is 2.07. The summed E-state index contributed by atoms with van der Waals surface area (Å²) in [6.45, 7) is 5.75. The second kappa shape index (κ2) is 7.89. The van der Waals surface area contributed by atoms with Crippen LogP contribution in [0.5, 0.6) is 0 Å². The van der Waals surface area contributed by atoms with Crippen molar-refractivity contribution in [1.82, 2.24) is 15.2 Å². The van der Waals surface area contributed by atoms with Crippen LogP contribution in [0.1, 0.15) is 23.2 Å². The quantitative estimate of drug-likeness (QED) is 0.679. The molecule has 1 aromatic carbocycles. The average Bonchev–Trinajstić information content (AvgIpc) is 2.90. The van der Waals surface area contributed by atoms with Crippen molar-refractivity contribution < 1.29 is 4.39 Å². The molecular formula is C16H21FN4S. The lowest BCUT2D eigenvalue weighted by Crippen LogP contribution is -2.38. The van der Waals surface area contributed by atoms with Crippen molar-refractivity contribution in [2.24, 2.45) is 4.99 Å². The summed E-state index contributed by atoms with van der Waals surface area (Å²) in [7, 11) is 1.96. The second-order valence-corrected chi connectivity index (χ2v) is 6.04. The minimum Gasteiger partial charge on any atom is -0.357 e. The molecule has 118 valence electrons. The van der Waals surface area contributed by atoms with Crippen LogP contribution in [0.4, 0.5) is 4.39 Å². The lowest BCUT2D eigenvalue weighted by molar-refractivity contribution is 0.470. The van der Waals surface area contributed by atoms with E-state index in [4.69, 9.17) is 0 Å². The smallest absolute Gasteiger partial charge is 0.194 e. The van der Waals surface area contributed by atoms with Crippen LogP contribution in [-0.2, 0) is 13.1 Å². The lowest BCUT2D eigenvalue weighted by atomic mass is 10.2. The molecule has 0 saturated carbocycles. The van der Waals surface area contributed by atoms with Crippen LogP contribution in [-0.4, -0.2) is 29.4 Å². The SMILES string of the molecule is CCNC(=NCc1ccccc1F)N(C)Cc1csc(C)n1. The zero-order valence-corrected chi connectivity index (χ0v) is 14.0. The molecule has 0 aliphatic carbocycles. The maximum Gasteiger partial charge on any atom is 0.194 e. The summed E-state index contributed by atoms with van der Waals surface area (Å²) in [5.74, 6) is 0.524. The van der Waals surface area contributed by atoms with Crippen molar-refractivity contribution in [3.8, 4) is 0 Å². The predicted octanol–water partition coefficient (Wildman–Crippen LogP) is 3.19. The van der Waals surface area contributed by atoms with Crippen molar-refractivity contribution in [2.45, 2.75) is 26.9 Å². The van der Waals surface area contributed by atoms with E-state index in [0.29, 0.717) is 18.7 Å². The van der Waals surface area contributed by atoms with Gasteiger partial charge in [-0.2, -0.15) is 0 Å². The first kappa shape index (κ1) is 16.4. The number of aliphatic imine (C=N–C) groups is 1. The normalized spacial score (nSPS) is 11.5. The number of nitrogens with zero attached hydrogens (tertiary/aromatic N) is 3. The summed E-state index contributed by atoms with van der Waals surface area (Å²) >= 11 is 1.64. The molecule has 0 amide bonds. The fourth-order valence-corrected chi connectivity index (χ4v) is 2.66. The Labute approximate surface area is 134 Å². The van der Waals surface area contributed by atoms with E-state index in [1.165, 1.54) is 6.07 Å². The molecule has 0 aliphatic heterocycles. The minimum atomic E-state index is -0.222. The maximum absolute atomic E-state index is 13.7. The van der Waals surface area contributed by atoms with Crippen molar-refractivity contribution >= 4 is 17.3 Å². The number of hydrogen-bond acceptors (Lipinski definition) is 3. The van der Waals surface area contributed by atoms with Crippen molar-refractivity contribution in [2.75, 3.05) is 13.6 Å². The van der Waals surface area contributed by atoms with Gasteiger partial charge in [-0.3, -0.25) is 0 Å². The molecule has 6 heteroatoms. The number of thiazole rings is 1. The average molecular weight is 320 g/mol. The van der Waals surface area contributed by atoms with Gasteiger partial charge in [0, 0.05) is 24.5 Å². The lowest BCUT2D eigenvalue weighted by Gasteiger charge is -2.21. The number of nitrogens with one attached hydrogen (secondary N) is 1. The third-order valence-corrected chi connectivity index (χ3v) is 3.94. The van der Waals surface area contributed by atoms with Gasteiger partial charge in [-0.1, -0.05) is 18.2 Å². The molecule has 0 unspecified atom stereocenters. The highest BCUT2D eigenvalue weighted by molar-refractivity contribution is 7.09. The van der Waals surface area contributed by atoms with Crippen LogP contribution in [0.15, 0.2) is 34.6 Å². The van der Waals surface area contributed by atoms with Gasteiger partial charge in [-0.15, -0.1) is 11.3 Å². The maximum atomic E-state index is 13.7. The Morgan fingerprint density at radius 3 is 2.82 bits per heavy atom. The molecule has 0 fully saturated rings. The minimum absolute atomic E-state index is 0.222. The largest absolute Gasteiger partial charge is 0.357 e. The molecule has 22 heavy (non-hydrogen) atoms. The highest BCUT2D eigenvalue weighted by Crippen LogP contribution is 2.11. The number of aryl methyl sites for hydroxylation is 1. The van der Waals surface area contributed by atoms with Gasteiger partial charge in [0.05, 0.1) is 23.8 Å². The zero-order chi connectivity index (χ0) is 15.9. The molecule has 2 rings (SSSR count). The molecule has 0 bridgehead atoms. The van der Waals surface area contributed by atoms with Crippen LogP contribution >= 0.6 is 11.3 Å². The van der Waals surface area contributed by atoms with Crippen LogP contribution < -0.4 is 5.32 Å². The van der Waals surface area contributed by atoms with E-state index in [0.717, 1.165) is 23.2 Å². The van der Waals surface area contributed by atoms with Crippen molar-refractivity contribution in [3.63, 3.8) is 0 Å². The van der Waals surface area contributed by atoms with E-state index in [2.05, 4.69) is 15.3 Å². The number of aromatic nitrogens is 1. The third kappa shape index (κ3) is 4.53. The fourth-order valence-electron chi connectivity index (χ4n) is 2.06. The van der Waals surface area contributed by atoms with Gasteiger partial charge in [-0.05, 0) is 19.9 Å². The second-order valence-electron chi connectivity index (χ2n) is 4.98. The summed E-state index contributed by atoms with van der Waals surface area (Å²) in [5, 5.41) is 6.33. The number of hydrogen-bond donors (Lipinski definition) is 1. The van der Waals surface area contributed by atoms with E-state index < -0.39 is 0 Å². The van der Waals surface area contributed by atoms with Gasteiger partial charge in [-0.25, -0.2) is 14.4 Å². The fraction of sp³-hybridized carbons (Fsp3) is 0.375. The molecule has 2 aromatic rings. The predicted molar refractivity (Wildman–Crippen MR) is 89.5 cm³/mol. The molecule has 0 aliphatic rings. The summed E-state index contributed by atoms with van der Waals surface area (Å²) < 4.78 is 13.7. The first-order valence-corrected chi connectivity index (χ1v) is 8.12. The zero-order valence-electron chi connectivity index (χ0n) is 13.1. The Morgan fingerprint density at radius 1 is 1.41 bits per heavy atom. The standard InChI is InChI=1S/C16H21FN4S/c1-4-18-16(19-9-13-7-5-6-8-15(13)17)21(3)10-14-11-22-12(2)20-14/h5-8,11H,4,9-10H2,1-3H3,(H,18,19). The van der Waals surface area contributed by atoms with Crippen molar-refractivity contribution in [3.05, 3.63) is 51.7 Å². The van der Waals surface area contributed by atoms with Gasteiger partial charge >= 0.3 is 0 Å². The van der Waals surface area contributed by atoms with Gasteiger partial charge in [0.25, 0.3) is 0 Å². The highest BCUT2D eigenvalue weighted by Gasteiger charge is 2.09. The highest BCUT2D eigenvalue weighted by atomic mass is 32.1. The molecule has 4 nitrogen and oxygen atoms in total. The van der Waals surface area contributed by atoms with Gasteiger partial charge in [0.1, 0.15) is 5.82 Å². The monoisotopic (exact) mass is 320 g/mol. The Morgan fingerprint density at radius 2 is 2.18 bits per heavy atom. The molecule has 0 radical (unpaired) electrons. The summed E-state index contributed by atoms with van der Waals surface area (Å²) in [6, 6.07) is 6.72. The van der Waals surface area contributed by atoms with Gasteiger partial charge in [0.2, 0.25) is 0 Å². The van der Waals surface area contributed by atoms with E-state index in [-0.39, 0.29) is 5.82 Å². The molecule has 0 saturated heterocycles. The van der Waals surface area contributed by atoms with Crippen LogP contribution in [0, 0.1) is 12.7 Å². The third-order valence-electron chi connectivity index (χ3n) is 3.12. The molecular weight excluding hydrogens is 299 g/mol. The Hall–Kier alpha value is -1.95. The van der Waals surface area contributed by atoms with E-state index in [9.17, 15) is 4.39 Å². The van der Waals surface area contributed by atoms with E-state index >= 15 is 0 Å². The first-order valence-electron chi connectivity index (χ1n) is 7.24. The Kier molecular flexibility index (Phi) is 5.89. The summed E-state index contributed by atoms with van der Waals surface area (Å²) in [4.78, 5) is 11.0. The van der Waals surface area contributed by atoms with Crippen molar-refractivity contribution in [1.29, 1.82) is 0 Å². The molecule has 1 heterocycles. The van der Waals surface area contributed by atoms with Gasteiger partial charge < -0.3 is 10.2 Å². The molecule has 0 spiro atoms. The number of rotatable bonds is 5.